The summed E-state index contributed by atoms with van der Waals surface area (Å²) in [5.74, 6) is -0.312. The fourth-order valence-electron chi connectivity index (χ4n) is 1.33. The van der Waals surface area contributed by atoms with E-state index in [2.05, 4.69) is 4.85 Å². The highest BCUT2D eigenvalue weighted by Crippen LogP contribution is 2.27. The van der Waals surface area contributed by atoms with Gasteiger partial charge in [-0.05, 0) is 23.8 Å². The van der Waals surface area contributed by atoms with E-state index in [1.165, 1.54) is 19.1 Å². The molecule has 0 N–H and O–H groups in total. The fourth-order valence-corrected chi connectivity index (χ4v) is 1.78. The molecule has 0 heterocycles. The molecule has 1 rings (SSSR count). The van der Waals surface area contributed by atoms with E-state index in [9.17, 15) is 13.2 Å². The lowest BCUT2D eigenvalue weighted by Crippen LogP contribution is -2.05. The van der Waals surface area contributed by atoms with Crippen molar-refractivity contribution in [3.05, 3.63) is 41.3 Å². The number of rotatable bonds is 5. The van der Waals surface area contributed by atoms with Gasteiger partial charge in [-0.1, -0.05) is 12.1 Å². The normalized spacial score (nSPS) is 11.1. The maximum absolute atomic E-state index is 11.0. The minimum absolute atomic E-state index is 0.0793. The molecule has 0 saturated carbocycles. The summed E-state index contributed by atoms with van der Waals surface area (Å²) in [7, 11) is -3.62. The Morgan fingerprint density at radius 3 is 2.70 bits per heavy atom. The molecule has 0 radical (unpaired) electrons. The van der Waals surface area contributed by atoms with Crippen LogP contribution in [-0.2, 0) is 19.6 Å². The first-order valence-electron chi connectivity index (χ1n) is 5.52. The molecule has 0 aliphatic rings. The summed E-state index contributed by atoms with van der Waals surface area (Å²) in [6.07, 6.45) is 4.13. The third kappa shape index (κ3) is 5.54. The molecule has 0 aliphatic heterocycles. The van der Waals surface area contributed by atoms with E-state index in [0.717, 1.165) is 6.26 Å². The SMILES string of the molecule is [C-]#[N+]c1cc(OS(C)(=O)=O)ccc1/C=C/COC(C)=O. The second kappa shape index (κ2) is 6.73. The fraction of sp³-hybridized carbons (Fsp3) is 0.231. The molecular formula is C13H13NO5S. The van der Waals surface area contributed by atoms with Crippen molar-refractivity contribution in [2.24, 2.45) is 0 Å². The van der Waals surface area contributed by atoms with Crippen molar-refractivity contribution in [3.63, 3.8) is 0 Å². The molecule has 1 aromatic carbocycles. The molecule has 106 valence electrons. The van der Waals surface area contributed by atoms with E-state index >= 15 is 0 Å². The summed E-state index contributed by atoms with van der Waals surface area (Å²) in [5, 5.41) is 0. The first kappa shape index (κ1) is 15.7. The topological polar surface area (TPSA) is 74.0 Å². The van der Waals surface area contributed by atoms with Crippen LogP contribution in [-0.4, -0.2) is 27.2 Å². The van der Waals surface area contributed by atoms with Gasteiger partial charge in [-0.15, -0.1) is 0 Å². The number of benzene rings is 1. The molecule has 0 unspecified atom stereocenters. The van der Waals surface area contributed by atoms with Gasteiger partial charge in [0.2, 0.25) is 0 Å². The van der Waals surface area contributed by atoms with E-state index < -0.39 is 16.1 Å². The predicted octanol–water partition coefficient (Wildman–Crippen LogP) is 2.15. The maximum Gasteiger partial charge on any atom is 0.306 e. The highest BCUT2D eigenvalue weighted by molar-refractivity contribution is 7.86. The van der Waals surface area contributed by atoms with E-state index in [4.69, 9.17) is 15.5 Å². The summed E-state index contributed by atoms with van der Waals surface area (Å²) in [6, 6.07) is 4.33. The van der Waals surface area contributed by atoms with Crippen LogP contribution in [0.3, 0.4) is 0 Å². The Hall–Kier alpha value is -2.33. The second-order valence-corrected chi connectivity index (χ2v) is 5.40. The number of esters is 1. The molecule has 0 aliphatic carbocycles. The van der Waals surface area contributed by atoms with Gasteiger partial charge in [0.1, 0.15) is 12.4 Å². The van der Waals surface area contributed by atoms with Crippen LogP contribution in [0.15, 0.2) is 24.3 Å². The average Bonchev–Trinajstić information content (AvgIpc) is 2.33. The zero-order chi connectivity index (χ0) is 15.2. The zero-order valence-corrected chi connectivity index (χ0v) is 11.8. The van der Waals surface area contributed by atoms with Gasteiger partial charge in [0.15, 0.2) is 5.69 Å². The lowest BCUT2D eigenvalue weighted by molar-refractivity contribution is -0.139. The molecule has 0 saturated heterocycles. The van der Waals surface area contributed by atoms with Crippen LogP contribution < -0.4 is 4.18 Å². The Balaban J connectivity index is 2.89. The van der Waals surface area contributed by atoms with Crippen LogP contribution in [0.5, 0.6) is 5.75 Å². The van der Waals surface area contributed by atoms with Crippen LogP contribution in [0.2, 0.25) is 0 Å². The van der Waals surface area contributed by atoms with Crippen molar-refractivity contribution < 1.29 is 22.1 Å². The van der Waals surface area contributed by atoms with Crippen molar-refractivity contribution in [3.8, 4) is 5.75 Å². The van der Waals surface area contributed by atoms with E-state index in [-0.39, 0.29) is 18.0 Å². The number of carbonyl (C=O) groups is 1. The summed E-state index contributed by atoms with van der Waals surface area (Å²) in [4.78, 5) is 13.9. The van der Waals surface area contributed by atoms with E-state index in [1.807, 2.05) is 0 Å². The number of hydrogen-bond donors (Lipinski definition) is 0. The Morgan fingerprint density at radius 2 is 2.15 bits per heavy atom. The predicted molar refractivity (Wildman–Crippen MR) is 73.8 cm³/mol. The third-order valence-corrected chi connectivity index (χ3v) is 2.55. The van der Waals surface area contributed by atoms with Crippen molar-refractivity contribution in [2.45, 2.75) is 6.92 Å². The van der Waals surface area contributed by atoms with Crippen LogP contribution in [0, 0.1) is 6.57 Å². The van der Waals surface area contributed by atoms with Crippen LogP contribution in [0.4, 0.5) is 5.69 Å². The molecular weight excluding hydrogens is 282 g/mol. The number of ether oxygens (including phenoxy) is 1. The minimum Gasteiger partial charge on any atom is -0.462 e. The molecule has 6 nitrogen and oxygen atoms in total. The highest BCUT2D eigenvalue weighted by atomic mass is 32.2. The Labute approximate surface area is 117 Å². The molecule has 20 heavy (non-hydrogen) atoms. The van der Waals surface area contributed by atoms with Gasteiger partial charge < -0.3 is 8.92 Å². The molecule has 0 amide bonds. The Bertz CT molecular complexity index is 670. The van der Waals surface area contributed by atoms with E-state index in [1.54, 1.807) is 18.2 Å². The standard InChI is InChI=1S/C13H13NO5S/c1-10(15)18-8-4-5-11-6-7-12(9-13(11)14-2)19-20(3,16)17/h4-7,9H,8H2,1,3H3/b5-4+. The summed E-state index contributed by atoms with van der Waals surface area (Å²) >= 11 is 0. The second-order valence-electron chi connectivity index (χ2n) is 3.82. The summed E-state index contributed by atoms with van der Waals surface area (Å²) in [6.45, 7) is 8.47. The van der Waals surface area contributed by atoms with Gasteiger partial charge in [0.25, 0.3) is 0 Å². The van der Waals surface area contributed by atoms with Crippen LogP contribution in [0.1, 0.15) is 12.5 Å². The van der Waals surface area contributed by atoms with E-state index in [0.29, 0.717) is 5.56 Å². The van der Waals surface area contributed by atoms with Crippen LogP contribution >= 0.6 is 0 Å². The zero-order valence-electron chi connectivity index (χ0n) is 11.0. The van der Waals surface area contributed by atoms with Gasteiger partial charge in [-0.2, -0.15) is 8.42 Å². The van der Waals surface area contributed by atoms with Crippen molar-refractivity contribution in [1.82, 2.24) is 0 Å². The largest absolute Gasteiger partial charge is 0.462 e. The van der Waals surface area contributed by atoms with Crippen molar-refractivity contribution in [2.75, 3.05) is 12.9 Å². The average molecular weight is 295 g/mol. The van der Waals surface area contributed by atoms with Gasteiger partial charge in [-0.3, -0.25) is 4.79 Å². The summed E-state index contributed by atoms with van der Waals surface area (Å²) < 4.78 is 31.4. The first-order valence-corrected chi connectivity index (χ1v) is 7.34. The first-order chi connectivity index (χ1) is 9.31. The van der Waals surface area contributed by atoms with Gasteiger partial charge in [-0.25, -0.2) is 4.85 Å². The van der Waals surface area contributed by atoms with Crippen LogP contribution in [0.25, 0.3) is 10.9 Å². The molecule has 1 aromatic rings. The Kier molecular flexibility index (Phi) is 5.29. The van der Waals surface area contributed by atoms with Gasteiger partial charge in [0.05, 0.1) is 12.8 Å². The van der Waals surface area contributed by atoms with Gasteiger partial charge >= 0.3 is 16.1 Å². The number of carbonyl (C=O) groups excluding carboxylic acids is 1. The molecule has 7 heteroatoms. The molecule has 0 bridgehead atoms. The highest BCUT2D eigenvalue weighted by Gasteiger charge is 2.07. The quantitative estimate of drug-likeness (QED) is 0.473. The number of hydrogen-bond acceptors (Lipinski definition) is 5. The lowest BCUT2D eigenvalue weighted by Gasteiger charge is -2.05. The molecule has 0 spiro atoms. The van der Waals surface area contributed by atoms with Crippen molar-refractivity contribution >= 4 is 27.9 Å². The van der Waals surface area contributed by atoms with Gasteiger partial charge in [0, 0.05) is 6.92 Å². The Morgan fingerprint density at radius 1 is 1.45 bits per heavy atom. The molecule has 0 aromatic heterocycles. The molecule has 0 fully saturated rings. The number of nitrogens with zero attached hydrogens (tertiary/aromatic N) is 1. The molecule has 0 atom stereocenters. The minimum atomic E-state index is -3.62. The third-order valence-electron chi connectivity index (χ3n) is 2.05. The maximum atomic E-state index is 11.0. The summed E-state index contributed by atoms with van der Waals surface area (Å²) in [5.41, 5.74) is 0.818. The monoisotopic (exact) mass is 295 g/mol. The van der Waals surface area contributed by atoms with Crippen molar-refractivity contribution in [1.29, 1.82) is 0 Å². The smallest absolute Gasteiger partial charge is 0.306 e. The lowest BCUT2D eigenvalue weighted by atomic mass is 10.1.